The average molecular weight is 1120 g/mol. The maximum absolute atomic E-state index is 12.9. The fraction of sp³-hybridized carbons (Fsp3) is 0.613. The Labute approximate surface area is 499 Å². The smallest absolute Gasteiger partial charge is 0.306 e. The zero-order valence-electron chi connectivity index (χ0n) is 52.2. The second kappa shape index (κ2) is 67.5. The van der Waals surface area contributed by atoms with Crippen LogP contribution in [0.5, 0.6) is 0 Å². The lowest BCUT2D eigenvalue weighted by Gasteiger charge is -2.18. The Hall–Kier alpha value is -4.97. The highest BCUT2D eigenvalue weighted by molar-refractivity contribution is 5.71. The quantitative estimate of drug-likeness (QED) is 0.0261. The van der Waals surface area contributed by atoms with Crippen LogP contribution in [-0.4, -0.2) is 37.2 Å². The highest BCUT2D eigenvalue weighted by Crippen LogP contribution is 2.15. The van der Waals surface area contributed by atoms with E-state index in [1.54, 1.807) is 0 Å². The summed E-state index contributed by atoms with van der Waals surface area (Å²) in [7, 11) is 0. The van der Waals surface area contributed by atoms with Gasteiger partial charge < -0.3 is 14.2 Å². The third kappa shape index (κ3) is 65.7. The maximum Gasteiger partial charge on any atom is 0.306 e. The van der Waals surface area contributed by atoms with Crippen molar-refractivity contribution in [3.63, 3.8) is 0 Å². The average Bonchev–Trinajstić information content (AvgIpc) is 3.47. The van der Waals surface area contributed by atoms with Crippen LogP contribution in [0.1, 0.15) is 278 Å². The first-order chi connectivity index (χ1) is 40.0. The van der Waals surface area contributed by atoms with Crippen molar-refractivity contribution >= 4 is 17.9 Å². The minimum Gasteiger partial charge on any atom is -0.462 e. The van der Waals surface area contributed by atoms with Crippen LogP contribution in [0.3, 0.4) is 0 Å². The summed E-state index contributed by atoms with van der Waals surface area (Å²) in [6.45, 7) is 6.34. The van der Waals surface area contributed by atoms with Crippen LogP contribution in [-0.2, 0) is 28.6 Å². The van der Waals surface area contributed by atoms with Gasteiger partial charge in [-0.15, -0.1) is 0 Å². The second-order valence-corrected chi connectivity index (χ2v) is 21.3. The fourth-order valence-corrected chi connectivity index (χ4v) is 8.62. The molecule has 0 bridgehead atoms. The molecule has 0 spiro atoms. The van der Waals surface area contributed by atoms with E-state index >= 15 is 0 Å². The zero-order valence-corrected chi connectivity index (χ0v) is 52.2. The van der Waals surface area contributed by atoms with Gasteiger partial charge in [0.1, 0.15) is 13.2 Å². The number of allylic oxidation sites excluding steroid dienone is 26. The first-order valence-corrected chi connectivity index (χ1v) is 33.0. The molecule has 0 N–H and O–H groups in total. The molecule has 0 saturated carbocycles. The number of esters is 3. The topological polar surface area (TPSA) is 78.9 Å². The van der Waals surface area contributed by atoms with Gasteiger partial charge in [-0.05, 0) is 148 Å². The van der Waals surface area contributed by atoms with E-state index in [9.17, 15) is 14.4 Å². The maximum atomic E-state index is 12.9. The molecule has 81 heavy (non-hydrogen) atoms. The number of carbonyl (C=O) groups excluding carboxylic acids is 3. The Balaban J connectivity index is 4.53. The molecule has 0 heterocycles. The molecule has 6 nitrogen and oxygen atoms in total. The SMILES string of the molecule is CC/C=C\C/C=C\C/C=C\C/C=C\C/C=C\C/C=C\CCCCC(=O)OC(COC(=O)CCCCC/C=C\C/C=C\C/C=C\C/C=C\C/C=C\CC)COC(=O)CCCCCCCCCCCCC/C=C\C/C=C\CCCCCCC. The molecule has 0 radical (unpaired) electrons. The molecule has 0 amide bonds. The van der Waals surface area contributed by atoms with Crippen molar-refractivity contribution in [3.8, 4) is 0 Å². The minimum atomic E-state index is -0.826. The van der Waals surface area contributed by atoms with Gasteiger partial charge in [0.15, 0.2) is 6.10 Å². The van der Waals surface area contributed by atoms with Crippen LogP contribution in [0.2, 0.25) is 0 Å². The third-order valence-electron chi connectivity index (χ3n) is 13.5. The Kier molecular flexibility index (Phi) is 63.4. The largest absolute Gasteiger partial charge is 0.462 e. The van der Waals surface area contributed by atoms with Gasteiger partial charge in [0.25, 0.3) is 0 Å². The van der Waals surface area contributed by atoms with Crippen LogP contribution >= 0.6 is 0 Å². The number of hydrogen-bond donors (Lipinski definition) is 0. The lowest BCUT2D eigenvalue weighted by molar-refractivity contribution is -0.167. The number of carbonyl (C=O) groups is 3. The molecular formula is C75H120O6. The second-order valence-electron chi connectivity index (χ2n) is 21.3. The Bertz CT molecular complexity index is 1810. The summed E-state index contributed by atoms with van der Waals surface area (Å²) in [5, 5.41) is 0. The van der Waals surface area contributed by atoms with Crippen LogP contribution in [0.15, 0.2) is 158 Å². The van der Waals surface area contributed by atoms with Crippen molar-refractivity contribution in [2.45, 2.75) is 284 Å². The lowest BCUT2D eigenvalue weighted by atomic mass is 10.0. The van der Waals surface area contributed by atoms with Gasteiger partial charge in [0.05, 0.1) is 0 Å². The van der Waals surface area contributed by atoms with Crippen molar-refractivity contribution in [2.75, 3.05) is 13.2 Å². The predicted molar refractivity (Wildman–Crippen MR) is 352 cm³/mol. The molecular weight excluding hydrogens is 997 g/mol. The van der Waals surface area contributed by atoms with E-state index in [4.69, 9.17) is 14.2 Å². The number of hydrogen-bond acceptors (Lipinski definition) is 6. The van der Waals surface area contributed by atoms with Crippen LogP contribution in [0.4, 0.5) is 0 Å². The van der Waals surface area contributed by atoms with E-state index in [-0.39, 0.29) is 37.5 Å². The molecule has 0 fully saturated rings. The van der Waals surface area contributed by atoms with Gasteiger partial charge in [-0.2, -0.15) is 0 Å². The van der Waals surface area contributed by atoms with E-state index in [2.05, 4.69) is 179 Å². The van der Waals surface area contributed by atoms with E-state index in [0.717, 1.165) is 135 Å². The molecule has 456 valence electrons. The summed E-state index contributed by atoms with van der Waals surface area (Å²) in [5.74, 6) is -0.994. The number of rotatable bonds is 58. The Morgan fingerprint density at radius 3 is 0.790 bits per heavy atom. The Morgan fingerprint density at radius 1 is 0.259 bits per heavy atom. The summed E-state index contributed by atoms with van der Waals surface area (Å²) in [6, 6.07) is 0. The van der Waals surface area contributed by atoms with Gasteiger partial charge in [0.2, 0.25) is 0 Å². The lowest BCUT2D eigenvalue weighted by Crippen LogP contribution is -2.30. The van der Waals surface area contributed by atoms with Gasteiger partial charge in [-0.3, -0.25) is 14.4 Å². The summed E-state index contributed by atoms with van der Waals surface area (Å²) < 4.78 is 16.9. The van der Waals surface area contributed by atoms with Gasteiger partial charge >= 0.3 is 17.9 Å². The van der Waals surface area contributed by atoms with Crippen molar-refractivity contribution in [2.24, 2.45) is 0 Å². The standard InChI is InChI=1S/C75H120O6/c1-4-7-10-13-16-19-22-25-28-31-34-36-37-39-41-44-47-50-53-56-59-62-65-68-74(77)80-71-72(70-79-73(76)67-64-61-58-55-52-49-46-43-40-33-30-27-24-21-18-15-12-9-6-3)81-75(78)69-66-63-60-57-54-51-48-45-42-38-35-32-29-26-23-20-17-14-11-8-5-2/h8-9,11-12,17-18,20-22,25-27,29-31,34-35,38,40,43,45,48-49,52,54,57,72H,4-7,10,13-16,19,23-24,28,32-33,36-37,39,41-42,44,46-47,50-51,53,55-56,58-71H2,1-3H3/b11-8-,12-9-,20-17-,21-18-,25-22-,29-26-,30-27-,34-31-,38-35-,43-40-,48-45-,52-49-,57-54-. The summed E-state index contributed by atoms with van der Waals surface area (Å²) in [5.41, 5.74) is 0. The van der Waals surface area contributed by atoms with Crippen molar-refractivity contribution in [1.82, 2.24) is 0 Å². The van der Waals surface area contributed by atoms with E-state index in [0.29, 0.717) is 19.3 Å². The molecule has 0 saturated heterocycles. The molecule has 0 aromatic heterocycles. The molecule has 6 heteroatoms. The fourth-order valence-electron chi connectivity index (χ4n) is 8.62. The van der Waals surface area contributed by atoms with Gasteiger partial charge in [-0.1, -0.05) is 269 Å². The molecule has 0 aromatic rings. The van der Waals surface area contributed by atoms with Gasteiger partial charge in [-0.25, -0.2) is 0 Å². The van der Waals surface area contributed by atoms with Crippen molar-refractivity contribution in [3.05, 3.63) is 158 Å². The van der Waals surface area contributed by atoms with Crippen LogP contribution in [0, 0.1) is 0 Å². The summed E-state index contributed by atoms with van der Waals surface area (Å²) in [4.78, 5) is 38.4. The first-order valence-electron chi connectivity index (χ1n) is 33.0. The molecule has 0 rings (SSSR count). The first kappa shape index (κ1) is 76.0. The van der Waals surface area contributed by atoms with Crippen molar-refractivity contribution < 1.29 is 28.6 Å². The molecule has 0 aromatic carbocycles. The van der Waals surface area contributed by atoms with Gasteiger partial charge in [0, 0.05) is 19.3 Å². The molecule has 0 aliphatic carbocycles. The van der Waals surface area contributed by atoms with E-state index < -0.39 is 6.10 Å². The highest BCUT2D eigenvalue weighted by atomic mass is 16.6. The van der Waals surface area contributed by atoms with Crippen LogP contribution in [0.25, 0.3) is 0 Å². The van der Waals surface area contributed by atoms with E-state index in [1.165, 1.54) is 96.3 Å². The summed E-state index contributed by atoms with van der Waals surface area (Å²) >= 11 is 0. The third-order valence-corrected chi connectivity index (χ3v) is 13.5. The molecule has 1 unspecified atom stereocenters. The normalized spacial score (nSPS) is 13.2. The van der Waals surface area contributed by atoms with Crippen molar-refractivity contribution in [1.29, 1.82) is 0 Å². The van der Waals surface area contributed by atoms with E-state index in [1.807, 2.05) is 0 Å². The zero-order chi connectivity index (χ0) is 58.5. The Morgan fingerprint density at radius 2 is 0.481 bits per heavy atom. The molecule has 1 atom stereocenters. The monoisotopic (exact) mass is 1120 g/mol. The molecule has 0 aliphatic heterocycles. The summed E-state index contributed by atoms with van der Waals surface area (Å²) in [6.07, 6.45) is 98.2. The number of unbranched alkanes of at least 4 members (excludes halogenated alkanes) is 21. The predicted octanol–water partition coefficient (Wildman–Crippen LogP) is 22.9. The minimum absolute atomic E-state index is 0.114. The number of ether oxygens (including phenoxy) is 3. The molecule has 0 aliphatic rings. The highest BCUT2D eigenvalue weighted by Gasteiger charge is 2.19. The van der Waals surface area contributed by atoms with Crippen LogP contribution < -0.4 is 0 Å².